The maximum absolute atomic E-state index is 12.7. The molecular weight excluding hydrogens is 363 g/mol. The smallest absolute Gasteiger partial charge is 0.308 e. The van der Waals surface area contributed by atoms with Crippen LogP contribution in [0.15, 0.2) is 36.4 Å². The van der Waals surface area contributed by atoms with E-state index in [1.807, 2.05) is 43.0 Å². The van der Waals surface area contributed by atoms with Gasteiger partial charge in [-0.05, 0) is 49.2 Å². The van der Waals surface area contributed by atoms with E-state index >= 15 is 0 Å². The lowest BCUT2D eigenvalue weighted by atomic mass is 10.1. The van der Waals surface area contributed by atoms with Crippen LogP contribution in [0.4, 0.5) is 10.5 Å². The van der Waals surface area contributed by atoms with E-state index < -0.39 is 0 Å². The predicted molar refractivity (Wildman–Crippen MR) is 103 cm³/mol. The molecule has 2 amide bonds. The number of rotatable bonds is 2. The van der Waals surface area contributed by atoms with Crippen molar-refractivity contribution in [2.45, 2.75) is 19.2 Å². The Bertz CT molecular complexity index is 761. The monoisotopic (exact) mass is 380 g/mol. The number of amides is 2. The normalized spacial score (nSPS) is 17.2. The summed E-state index contributed by atoms with van der Waals surface area (Å²) in [7, 11) is 0. The van der Waals surface area contributed by atoms with Gasteiger partial charge in [0.1, 0.15) is 5.37 Å². The molecule has 1 heterocycles. The van der Waals surface area contributed by atoms with E-state index in [9.17, 15) is 4.79 Å². The number of benzene rings is 2. The number of carbonyl (C=O) groups is 1. The van der Waals surface area contributed by atoms with Crippen molar-refractivity contribution in [2.24, 2.45) is 0 Å². The van der Waals surface area contributed by atoms with Crippen LogP contribution in [0.3, 0.4) is 0 Å². The molecule has 3 nitrogen and oxygen atoms in total. The third-order valence-electron chi connectivity index (χ3n) is 3.85. The molecule has 1 atom stereocenters. The van der Waals surface area contributed by atoms with Crippen LogP contribution in [-0.4, -0.2) is 23.2 Å². The molecule has 1 aliphatic rings. The number of aryl methyl sites for hydroxylation is 2. The van der Waals surface area contributed by atoms with E-state index in [0.717, 1.165) is 28.1 Å². The number of carbonyl (C=O) groups excluding carboxylic acids is 1. The van der Waals surface area contributed by atoms with Gasteiger partial charge in [-0.25, -0.2) is 4.79 Å². The Labute approximate surface area is 156 Å². The largest absolute Gasteiger partial charge is 0.323 e. The zero-order valence-electron chi connectivity index (χ0n) is 13.5. The quantitative estimate of drug-likeness (QED) is 0.704. The topological polar surface area (TPSA) is 32.3 Å². The summed E-state index contributed by atoms with van der Waals surface area (Å²) in [4.78, 5) is 14.5. The number of thioether (sulfide) groups is 1. The van der Waals surface area contributed by atoms with E-state index in [1.165, 1.54) is 0 Å². The van der Waals surface area contributed by atoms with E-state index in [0.29, 0.717) is 16.6 Å². The summed E-state index contributed by atoms with van der Waals surface area (Å²) in [5, 5.41) is 4.09. The molecule has 1 N–H and O–H groups in total. The standard InChI is InChI=1S/C18H18Cl2N2OS/c1-11-7-12(2)9-14(8-11)21-18(23)22-5-6-24-17(22)15-4-3-13(19)10-16(15)20/h3-4,7-10,17H,5-6H2,1-2H3,(H,21,23). The minimum absolute atomic E-state index is 0.0966. The lowest BCUT2D eigenvalue weighted by Crippen LogP contribution is -2.34. The first kappa shape index (κ1) is 17.5. The van der Waals surface area contributed by atoms with E-state index in [1.54, 1.807) is 17.8 Å². The lowest BCUT2D eigenvalue weighted by molar-refractivity contribution is 0.214. The average molecular weight is 381 g/mol. The second kappa shape index (κ2) is 7.26. The van der Waals surface area contributed by atoms with Gasteiger partial charge in [0.05, 0.1) is 0 Å². The maximum atomic E-state index is 12.7. The van der Waals surface area contributed by atoms with Crippen LogP contribution in [0.2, 0.25) is 10.0 Å². The molecule has 0 radical (unpaired) electrons. The number of hydrogen-bond donors (Lipinski definition) is 1. The van der Waals surface area contributed by atoms with Crippen LogP contribution in [0.1, 0.15) is 22.1 Å². The first-order valence-electron chi connectivity index (χ1n) is 7.66. The van der Waals surface area contributed by atoms with Gasteiger partial charge in [0.15, 0.2) is 0 Å². The molecule has 0 bridgehead atoms. The fourth-order valence-corrected chi connectivity index (χ4v) is 4.75. The van der Waals surface area contributed by atoms with Crippen molar-refractivity contribution in [1.29, 1.82) is 0 Å². The van der Waals surface area contributed by atoms with Gasteiger partial charge in [0, 0.05) is 33.6 Å². The third kappa shape index (κ3) is 3.82. The van der Waals surface area contributed by atoms with Crippen LogP contribution in [0.25, 0.3) is 0 Å². The first-order valence-corrected chi connectivity index (χ1v) is 9.47. The lowest BCUT2D eigenvalue weighted by Gasteiger charge is -2.25. The van der Waals surface area contributed by atoms with Gasteiger partial charge in [-0.3, -0.25) is 0 Å². The van der Waals surface area contributed by atoms with Crippen molar-refractivity contribution < 1.29 is 4.79 Å². The fourth-order valence-electron chi connectivity index (χ4n) is 2.88. The Morgan fingerprint density at radius 3 is 2.54 bits per heavy atom. The summed E-state index contributed by atoms with van der Waals surface area (Å²) in [5.74, 6) is 0.879. The van der Waals surface area contributed by atoms with Crippen LogP contribution in [0, 0.1) is 13.8 Å². The van der Waals surface area contributed by atoms with E-state index in [2.05, 4.69) is 11.4 Å². The van der Waals surface area contributed by atoms with Crippen molar-refractivity contribution >= 4 is 46.7 Å². The highest BCUT2D eigenvalue weighted by molar-refractivity contribution is 7.99. The van der Waals surface area contributed by atoms with Gasteiger partial charge in [0.25, 0.3) is 0 Å². The Kier molecular flexibility index (Phi) is 5.28. The summed E-state index contributed by atoms with van der Waals surface area (Å²) < 4.78 is 0. The number of anilines is 1. The Balaban J connectivity index is 1.80. The van der Waals surface area contributed by atoms with Gasteiger partial charge in [0.2, 0.25) is 0 Å². The molecule has 1 saturated heterocycles. The number of nitrogens with zero attached hydrogens (tertiary/aromatic N) is 1. The summed E-state index contributed by atoms with van der Waals surface area (Å²) in [5.41, 5.74) is 3.98. The highest BCUT2D eigenvalue weighted by Gasteiger charge is 2.32. The summed E-state index contributed by atoms with van der Waals surface area (Å²) in [6, 6.07) is 11.3. The summed E-state index contributed by atoms with van der Waals surface area (Å²) >= 11 is 14.0. The number of halogens is 2. The zero-order valence-corrected chi connectivity index (χ0v) is 15.8. The fraction of sp³-hybridized carbons (Fsp3) is 0.278. The molecule has 24 heavy (non-hydrogen) atoms. The van der Waals surface area contributed by atoms with Crippen LogP contribution < -0.4 is 5.32 Å². The van der Waals surface area contributed by atoms with Crippen molar-refractivity contribution in [1.82, 2.24) is 4.90 Å². The highest BCUT2D eigenvalue weighted by atomic mass is 35.5. The summed E-state index contributed by atoms with van der Waals surface area (Å²) in [6.45, 7) is 4.72. The molecule has 0 aromatic heterocycles. The highest BCUT2D eigenvalue weighted by Crippen LogP contribution is 2.41. The van der Waals surface area contributed by atoms with Gasteiger partial charge in [-0.1, -0.05) is 35.3 Å². The maximum Gasteiger partial charge on any atom is 0.323 e. The molecule has 2 aromatic carbocycles. The molecule has 1 aliphatic heterocycles. The van der Waals surface area contributed by atoms with Gasteiger partial charge >= 0.3 is 6.03 Å². The van der Waals surface area contributed by atoms with Gasteiger partial charge < -0.3 is 10.2 Å². The minimum atomic E-state index is -0.110. The molecule has 1 unspecified atom stereocenters. The molecule has 0 aliphatic carbocycles. The SMILES string of the molecule is Cc1cc(C)cc(NC(=O)N2CCSC2c2ccc(Cl)cc2Cl)c1. The van der Waals surface area contributed by atoms with Crippen molar-refractivity contribution in [3.63, 3.8) is 0 Å². The predicted octanol–water partition coefficient (Wildman–Crippen LogP) is 5.89. The number of urea groups is 1. The van der Waals surface area contributed by atoms with Gasteiger partial charge in [-0.2, -0.15) is 0 Å². The molecule has 2 aromatic rings. The minimum Gasteiger partial charge on any atom is -0.308 e. The molecule has 1 fully saturated rings. The molecule has 0 spiro atoms. The molecular formula is C18H18Cl2N2OS. The number of hydrogen-bond acceptors (Lipinski definition) is 2. The summed E-state index contributed by atoms with van der Waals surface area (Å²) in [6.07, 6.45) is 0. The van der Waals surface area contributed by atoms with Crippen LogP contribution in [-0.2, 0) is 0 Å². The van der Waals surface area contributed by atoms with Crippen molar-refractivity contribution in [3.05, 3.63) is 63.1 Å². The molecule has 0 saturated carbocycles. The second-order valence-electron chi connectivity index (χ2n) is 5.89. The zero-order chi connectivity index (χ0) is 17.3. The Hall–Kier alpha value is -1.36. The second-order valence-corrected chi connectivity index (χ2v) is 7.92. The van der Waals surface area contributed by atoms with Crippen LogP contribution >= 0.6 is 35.0 Å². The third-order valence-corrected chi connectivity index (χ3v) is 5.66. The number of nitrogens with one attached hydrogen (secondary N) is 1. The Morgan fingerprint density at radius 1 is 1.17 bits per heavy atom. The van der Waals surface area contributed by atoms with Crippen LogP contribution in [0.5, 0.6) is 0 Å². The van der Waals surface area contributed by atoms with E-state index in [4.69, 9.17) is 23.2 Å². The van der Waals surface area contributed by atoms with Crippen molar-refractivity contribution in [3.8, 4) is 0 Å². The molecule has 6 heteroatoms. The van der Waals surface area contributed by atoms with E-state index in [-0.39, 0.29) is 11.4 Å². The first-order chi connectivity index (χ1) is 11.4. The Morgan fingerprint density at radius 2 is 1.88 bits per heavy atom. The average Bonchev–Trinajstić information content (AvgIpc) is 2.95. The van der Waals surface area contributed by atoms with Crippen molar-refractivity contribution in [2.75, 3.05) is 17.6 Å². The molecule has 3 rings (SSSR count). The van der Waals surface area contributed by atoms with Gasteiger partial charge in [-0.15, -0.1) is 11.8 Å². The molecule has 126 valence electrons.